The summed E-state index contributed by atoms with van der Waals surface area (Å²) >= 11 is 0. The van der Waals surface area contributed by atoms with E-state index in [1.807, 2.05) is 0 Å². The van der Waals surface area contributed by atoms with Crippen LogP contribution in [0.2, 0.25) is 0 Å². The highest BCUT2D eigenvalue weighted by Gasteiger charge is 2.30. The Morgan fingerprint density at radius 3 is 2.44 bits per heavy atom. The number of hydrogen-bond donors (Lipinski definition) is 1. The van der Waals surface area contributed by atoms with Crippen LogP contribution in [0, 0.1) is 0 Å². The minimum absolute atomic E-state index is 0.182. The fraction of sp³-hybridized carbons (Fsp3) is 0.727. The fourth-order valence-electron chi connectivity index (χ4n) is 1.72. The number of ether oxygens (including phenoxy) is 1. The predicted molar refractivity (Wildman–Crippen MR) is 67.1 cm³/mol. The van der Waals surface area contributed by atoms with E-state index in [1.165, 1.54) is 6.92 Å². The van der Waals surface area contributed by atoms with Crippen LogP contribution in [-0.4, -0.2) is 31.3 Å². The van der Waals surface area contributed by atoms with Gasteiger partial charge < -0.3 is 4.74 Å². The lowest BCUT2D eigenvalue weighted by Crippen LogP contribution is -2.27. The Labute approximate surface area is 107 Å². The molecule has 0 aliphatic heterocycles. The third-order valence-corrected chi connectivity index (χ3v) is 4.13. The molecular formula is C11H20NO5P. The zero-order chi connectivity index (χ0) is 13.6. The second-order valence-electron chi connectivity index (χ2n) is 3.84. The summed E-state index contributed by atoms with van der Waals surface area (Å²) in [4.78, 5) is 10.8. The zero-order valence-corrected chi connectivity index (χ0v) is 11.8. The van der Waals surface area contributed by atoms with Gasteiger partial charge in [0.15, 0.2) is 0 Å². The molecule has 0 aromatic carbocycles. The van der Waals surface area contributed by atoms with Crippen LogP contribution >= 0.6 is 7.75 Å². The monoisotopic (exact) mass is 277 g/mol. The molecule has 0 aromatic rings. The van der Waals surface area contributed by atoms with E-state index in [0.717, 1.165) is 0 Å². The van der Waals surface area contributed by atoms with Crippen LogP contribution in [0.5, 0.6) is 0 Å². The summed E-state index contributed by atoms with van der Waals surface area (Å²) in [7, 11) is -3.27. The van der Waals surface area contributed by atoms with E-state index < -0.39 is 7.75 Å². The molecule has 1 N–H and O–H groups in total. The van der Waals surface area contributed by atoms with Gasteiger partial charge in [0.1, 0.15) is 6.10 Å². The van der Waals surface area contributed by atoms with Crippen molar-refractivity contribution in [3.63, 3.8) is 0 Å². The largest absolute Gasteiger partial charge is 0.458 e. The first kappa shape index (κ1) is 15.4. The maximum atomic E-state index is 12.2. The van der Waals surface area contributed by atoms with Gasteiger partial charge in [0.2, 0.25) is 0 Å². The second-order valence-corrected chi connectivity index (χ2v) is 5.61. The van der Waals surface area contributed by atoms with Gasteiger partial charge in [-0.05, 0) is 19.9 Å². The molecule has 18 heavy (non-hydrogen) atoms. The minimum atomic E-state index is -3.27. The van der Waals surface area contributed by atoms with Gasteiger partial charge in [-0.25, -0.2) is 9.65 Å². The maximum absolute atomic E-state index is 12.2. The lowest BCUT2D eigenvalue weighted by Gasteiger charge is -2.21. The first-order valence-electron chi connectivity index (χ1n) is 6.01. The first-order chi connectivity index (χ1) is 8.49. The van der Waals surface area contributed by atoms with Gasteiger partial charge in [-0.3, -0.25) is 13.8 Å². The van der Waals surface area contributed by atoms with Crippen LogP contribution in [0.4, 0.5) is 0 Å². The molecule has 0 saturated heterocycles. The van der Waals surface area contributed by atoms with E-state index in [-0.39, 0.29) is 18.1 Å². The van der Waals surface area contributed by atoms with Crippen LogP contribution in [0.1, 0.15) is 27.2 Å². The Kier molecular flexibility index (Phi) is 6.02. The first-order valence-corrected chi connectivity index (χ1v) is 7.55. The van der Waals surface area contributed by atoms with Crippen LogP contribution in [0.25, 0.3) is 0 Å². The normalized spacial score (nSPS) is 23.3. The van der Waals surface area contributed by atoms with Crippen molar-refractivity contribution >= 4 is 13.7 Å². The van der Waals surface area contributed by atoms with Crippen LogP contribution in [0.15, 0.2) is 12.2 Å². The van der Waals surface area contributed by atoms with Gasteiger partial charge >= 0.3 is 13.7 Å². The molecule has 0 radical (unpaired) electrons. The zero-order valence-electron chi connectivity index (χ0n) is 10.9. The summed E-state index contributed by atoms with van der Waals surface area (Å²) in [6, 6.07) is -0.182. The fourth-order valence-corrected chi connectivity index (χ4v) is 3.22. The number of hydrogen-bond acceptors (Lipinski definition) is 5. The standard InChI is InChI=1S/C11H20NO5P/c1-4-15-18(14,16-5-2)12-10-6-7-11(8-10)17-9(3)13/h6-7,10-11H,4-5,8H2,1-3H3,(H,12,14)/t10-,11+/m0/s1. The molecule has 0 unspecified atom stereocenters. The summed E-state index contributed by atoms with van der Waals surface area (Å²) < 4.78 is 27.5. The van der Waals surface area contributed by atoms with Crippen molar-refractivity contribution in [2.24, 2.45) is 0 Å². The van der Waals surface area contributed by atoms with Gasteiger partial charge in [0.25, 0.3) is 0 Å². The molecule has 0 bridgehead atoms. The van der Waals surface area contributed by atoms with E-state index in [1.54, 1.807) is 26.0 Å². The Balaban J connectivity index is 2.50. The molecule has 0 aromatic heterocycles. The van der Waals surface area contributed by atoms with E-state index in [0.29, 0.717) is 19.6 Å². The highest BCUT2D eigenvalue weighted by Crippen LogP contribution is 2.44. The number of carbonyl (C=O) groups excluding carboxylic acids is 1. The summed E-state index contributed by atoms with van der Waals surface area (Å²) in [5, 5.41) is 2.83. The van der Waals surface area contributed by atoms with Crippen molar-refractivity contribution < 1.29 is 23.1 Å². The smallest absolute Gasteiger partial charge is 0.405 e. The molecule has 2 atom stereocenters. The number of nitrogens with one attached hydrogen (secondary N) is 1. The highest BCUT2D eigenvalue weighted by atomic mass is 31.2. The predicted octanol–water partition coefficient (Wildman–Crippen LogP) is 2.02. The van der Waals surface area contributed by atoms with Crippen LogP contribution < -0.4 is 5.09 Å². The molecule has 7 heteroatoms. The molecule has 104 valence electrons. The lowest BCUT2D eigenvalue weighted by molar-refractivity contribution is -0.144. The third kappa shape index (κ3) is 4.90. The van der Waals surface area contributed by atoms with E-state index in [9.17, 15) is 9.36 Å². The number of esters is 1. The SMILES string of the molecule is CCOP(=O)(N[C@H]1C=C[C@@H](OC(C)=O)C1)OCC. The Bertz CT molecular complexity index is 347. The topological polar surface area (TPSA) is 73.9 Å². The van der Waals surface area contributed by atoms with E-state index >= 15 is 0 Å². The van der Waals surface area contributed by atoms with Crippen molar-refractivity contribution in [1.82, 2.24) is 5.09 Å². The van der Waals surface area contributed by atoms with Gasteiger partial charge in [0, 0.05) is 19.4 Å². The maximum Gasteiger partial charge on any atom is 0.405 e. The Morgan fingerprint density at radius 1 is 1.33 bits per heavy atom. The van der Waals surface area contributed by atoms with Crippen molar-refractivity contribution in [1.29, 1.82) is 0 Å². The van der Waals surface area contributed by atoms with Gasteiger partial charge in [-0.2, -0.15) is 0 Å². The summed E-state index contributed by atoms with van der Waals surface area (Å²) in [5.74, 6) is -0.330. The molecular weight excluding hydrogens is 257 g/mol. The number of rotatable bonds is 7. The molecule has 0 amide bonds. The summed E-state index contributed by atoms with van der Waals surface area (Å²) in [5.41, 5.74) is 0. The summed E-state index contributed by atoms with van der Waals surface area (Å²) in [6.07, 6.45) is 3.82. The Hall–Kier alpha value is -0.680. The van der Waals surface area contributed by atoms with E-state index in [2.05, 4.69) is 5.09 Å². The molecule has 0 saturated carbocycles. The van der Waals surface area contributed by atoms with Gasteiger partial charge in [-0.1, -0.05) is 6.08 Å². The molecule has 0 heterocycles. The molecule has 0 spiro atoms. The average molecular weight is 277 g/mol. The number of carbonyl (C=O) groups is 1. The molecule has 6 nitrogen and oxygen atoms in total. The molecule has 0 fully saturated rings. The van der Waals surface area contributed by atoms with Gasteiger partial charge in [0.05, 0.1) is 13.2 Å². The average Bonchev–Trinajstić information content (AvgIpc) is 2.64. The van der Waals surface area contributed by atoms with Gasteiger partial charge in [-0.15, -0.1) is 0 Å². The Morgan fingerprint density at radius 2 is 1.94 bits per heavy atom. The van der Waals surface area contributed by atoms with Crippen LogP contribution in [-0.2, 0) is 23.1 Å². The van der Waals surface area contributed by atoms with Crippen molar-refractivity contribution in [2.75, 3.05) is 13.2 Å². The van der Waals surface area contributed by atoms with Crippen molar-refractivity contribution in [3.05, 3.63) is 12.2 Å². The van der Waals surface area contributed by atoms with E-state index in [4.69, 9.17) is 13.8 Å². The lowest BCUT2D eigenvalue weighted by atomic mass is 10.2. The molecule has 1 aliphatic rings. The highest BCUT2D eigenvalue weighted by molar-refractivity contribution is 7.51. The van der Waals surface area contributed by atoms with Crippen molar-refractivity contribution in [2.45, 2.75) is 39.3 Å². The minimum Gasteiger partial charge on any atom is -0.458 e. The summed E-state index contributed by atoms with van der Waals surface area (Å²) in [6.45, 7) is 5.46. The molecule has 1 rings (SSSR count). The molecule has 1 aliphatic carbocycles. The third-order valence-electron chi connectivity index (χ3n) is 2.28. The van der Waals surface area contributed by atoms with Crippen molar-refractivity contribution in [3.8, 4) is 0 Å². The second kappa shape index (κ2) is 7.04. The van der Waals surface area contributed by atoms with Crippen LogP contribution in [0.3, 0.4) is 0 Å². The quantitative estimate of drug-likeness (QED) is 0.436.